The molecule has 3 rings (SSSR count). The maximum absolute atomic E-state index is 11.9. The summed E-state index contributed by atoms with van der Waals surface area (Å²) in [7, 11) is 0. The predicted octanol–water partition coefficient (Wildman–Crippen LogP) is 5.63. The van der Waals surface area contributed by atoms with Crippen LogP contribution < -0.4 is 0 Å². The molecule has 2 aliphatic heterocycles. The fourth-order valence-corrected chi connectivity index (χ4v) is 6.41. The molecule has 1 atom stereocenters. The first kappa shape index (κ1) is 23.3. The van der Waals surface area contributed by atoms with E-state index in [-0.39, 0.29) is 5.92 Å². The van der Waals surface area contributed by atoms with Crippen LogP contribution in [0, 0.1) is 29.6 Å². The summed E-state index contributed by atoms with van der Waals surface area (Å²) in [6, 6.07) is 0.888. The smallest absolute Gasteiger partial charge is 0.136 e. The van der Waals surface area contributed by atoms with Gasteiger partial charge in [-0.25, -0.2) is 0 Å². The summed E-state index contributed by atoms with van der Waals surface area (Å²) in [6.07, 6.45) is 13.6. The largest absolute Gasteiger partial charge is 0.303 e. The topological polar surface area (TPSA) is 23.6 Å². The second kappa shape index (κ2) is 11.3. The molecule has 0 aromatic rings. The summed E-state index contributed by atoms with van der Waals surface area (Å²) in [4.78, 5) is 17.3. The Kier molecular flexibility index (Phi) is 9.04. The first-order valence-electron chi connectivity index (χ1n) is 12.9. The lowest BCUT2D eigenvalue weighted by atomic mass is 9.77. The van der Waals surface area contributed by atoms with E-state index in [1.165, 1.54) is 84.0 Å². The van der Waals surface area contributed by atoms with Crippen LogP contribution in [0.25, 0.3) is 0 Å². The molecule has 1 saturated carbocycles. The Morgan fingerprint density at radius 1 is 0.828 bits per heavy atom. The first-order chi connectivity index (χ1) is 14.0. The molecular weight excluding hydrogens is 356 g/mol. The van der Waals surface area contributed by atoms with Crippen molar-refractivity contribution in [1.29, 1.82) is 0 Å². The van der Waals surface area contributed by atoms with Crippen molar-refractivity contribution in [2.24, 2.45) is 29.6 Å². The minimum Gasteiger partial charge on any atom is -0.303 e. The SMILES string of the molecule is CCC(=O)C(C)CN1CCC(C[C@H]2CC[C@@H](N3CCC(C(C)C)CC3)CC2)CC1. The maximum atomic E-state index is 11.9. The summed E-state index contributed by atoms with van der Waals surface area (Å²) >= 11 is 0. The number of ketones is 1. The van der Waals surface area contributed by atoms with Gasteiger partial charge in [0.1, 0.15) is 5.78 Å². The van der Waals surface area contributed by atoms with Crippen LogP contribution in [0.3, 0.4) is 0 Å². The zero-order valence-corrected chi connectivity index (χ0v) is 19.9. The highest BCUT2D eigenvalue weighted by atomic mass is 16.1. The van der Waals surface area contributed by atoms with Gasteiger partial charge in [-0.1, -0.05) is 27.7 Å². The van der Waals surface area contributed by atoms with Gasteiger partial charge in [0.05, 0.1) is 0 Å². The van der Waals surface area contributed by atoms with Crippen LogP contribution in [0.15, 0.2) is 0 Å². The van der Waals surface area contributed by atoms with E-state index < -0.39 is 0 Å². The Balaban J connectivity index is 1.31. The van der Waals surface area contributed by atoms with Gasteiger partial charge in [-0.05, 0) is 108 Å². The fourth-order valence-electron chi connectivity index (χ4n) is 6.41. The van der Waals surface area contributed by atoms with Crippen molar-refractivity contribution in [3.05, 3.63) is 0 Å². The van der Waals surface area contributed by atoms with Gasteiger partial charge < -0.3 is 9.80 Å². The molecule has 2 saturated heterocycles. The molecule has 0 bridgehead atoms. The van der Waals surface area contributed by atoms with E-state index in [4.69, 9.17) is 0 Å². The molecule has 168 valence electrons. The van der Waals surface area contributed by atoms with Crippen molar-refractivity contribution in [2.75, 3.05) is 32.7 Å². The molecule has 3 fully saturated rings. The highest BCUT2D eigenvalue weighted by Gasteiger charge is 2.31. The fraction of sp³-hybridized carbons (Fsp3) is 0.962. The lowest BCUT2D eigenvalue weighted by Crippen LogP contribution is -2.44. The number of carbonyl (C=O) groups excluding carboxylic acids is 1. The molecule has 3 nitrogen and oxygen atoms in total. The normalized spacial score (nSPS) is 30.0. The Hall–Kier alpha value is -0.410. The third-order valence-electron chi connectivity index (χ3n) is 8.65. The second-order valence-electron chi connectivity index (χ2n) is 11.0. The van der Waals surface area contributed by atoms with E-state index >= 15 is 0 Å². The van der Waals surface area contributed by atoms with E-state index in [2.05, 4.69) is 30.6 Å². The average molecular weight is 405 g/mol. The Labute approximate surface area is 181 Å². The third-order valence-corrected chi connectivity index (χ3v) is 8.65. The summed E-state index contributed by atoms with van der Waals surface area (Å²) < 4.78 is 0. The number of hydrogen-bond donors (Lipinski definition) is 0. The van der Waals surface area contributed by atoms with Crippen LogP contribution in [-0.2, 0) is 4.79 Å². The lowest BCUT2D eigenvalue weighted by molar-refractivity contribution is -0.122. The summed E-state index contributed by atoms with van der Waals surface area (Å²) in [6.45, 7) is 15.0. The van der Waals surface area contributed by atoms with Crippen LogP contribution in [0.1, 0.15) is 91.9 Å². The van der Waals surface area contributed by atoms with Crippen LogP contribution in [0.2, 0.25) is 0 Å². The van der Waals surface area contributed by atoms with Crippen molar-refractivity contribution in [3.8, 4) is 0 Å². The summed E-state index contributed by atoms with van der Waals surface area (Å²) in [5, 5.41) is 0. The minimum atomic E-state index is 0.220. The molecule has 0 aromatic heterocycles. The van der Waals surface area contributed by atoms with Crippen LogP contribution in [0.5, 0.6) is 0 Å². The van der Waals surface area contributed by atoms with Gasteiger partial charge in [0, 0.05) is 24.9 Å². The number of carbonyl (C=O) groups is 1. The molecule has 29 heavy (non-hydrogen) atoms. The van der Waals surface area contributed by atoms with E-state index in [0.29, 0.717) is 12.2 Å². The second-order valence-corrected chi connectivity index (χ2v) is 11.0. The molecular formula is C26H48N2O. The minimum absolute atomic E-state index is 0.220. The highest BCUT2D eigenvalue weighted by Crippen LogP contribution is 2.36. The van der Waals surface area contributed by atoms with Gasteiger partial charge >= 0.3 is 0 Å². The van der Waals surface area contributed by atoms with Gasteiger partial charge in [-0.3, -0.25) is 4.79 Å². The first-order valence-corrected chi connectivity index (χ1v) is 12.9. The van der Waals surface area contributed by atoms with E-state index in [0.717, 1.165) is 36.3 Å². The zero-order chi connectivity index (χ0) is 20.8. The summed E-state index contributed by atoms with van der Waals surface area (Å²) in [5.41, 5.74) is 0. The molecule has 0 spiro atoms. The van der Waals surface area contributed by atoms with Gasteiger partial charge in [-0.2, -0.15) is 0 Å². The molecule has 3 heteroatoms. The monoisotopic (exact) mass is 404 g/mol. The molecule has 1 unspecified atom stereocenters. The molecule has 0 amide bonds. The number of rotatable bonds is 8. The quantitative estimate of drug-likeness (QED) is 0.524. The van der Waals surface area contributed by atoms with Gasteiger partial charge in [0.2, 0.25) is 0 Å². The third kappa shape index (κ3) is 6.79. The van der Waals surface area contributed by atoms with E-state index in [1.807, 2.05) is 6.92 Å². The number of nitrogens with zero attached hydrogens (tertiary/aromatic N) is 2. The highest BCUT2D eigenvalue weighted by molar-refractivity contribution is 5.80. The molecule has 0 radical (unpaired) electrons. The Morgan fingerprint density at radius 2 is 1.41 bits per heavy atom. The van der Waals surface area contributed by atoms with Crippen LogP contribution in [-0.4, -0.2) is 54.3 Å². The van der Waals surface area contributed by atoms with Gasteiger partial charge in [-0.15, -0.1) is 0 Å². The van der Waals surface area contributed by atoms with Gasteiger partial charge in [0.15, 0.2) is 0 Å². The Bertz CT molecular complexity index is 481. The Morgan fingerprint density at radius 3 is 1.97 bits per heavy atom. The van der Waals surface area contributed by atoms with Crippen molar-refractivity contribution in [3.63, 3.8) is 0 Å². The number of hydrogen-bond acceptors (Lipinski definition) is 3. The van der Waals surface area contributed by atoms with Crippen LogP contribution >= 0.6 is 0 Å². The molecule has 0 aromatic carbocycles. The maximum Gasteiger partial charge on any atom is 0.136 e. The van der Waals surface area contributed by atoms with Crippen molar-refractivity contribution < 1.29 is 4.79 Å². The summed E-state index contributed by atoms with van der Waals surface area (Å²) in [5.74, 6) is 4.41. The predicted molar refractivity (Wildman–Crippen MR) is 123 cm³/mol. The molecule has 2 heterocycles. The van der Waals surface area contributed by atoms with Crippen molar-refractivity contribution >= 4 is 5.78 Å². The zero-order valence-electron chi connectivity index (χ0n) is 19.9. The van der Waals surface area contributed by atoms with E-state index in [1.54, 1.807) is 0 Å². The van der Waals surface area contributed by atoms with Crippen molar-refractivity contribution in [2.45, 2.75) is 97.9 Å². The van der Waals surface area contributed by atoms with Gasteiger partial charge in [0.25, 0.3) is 0 Å². The standard InChI is InChI=1S/C26H48N2O/c1-5-26(29)21(4)19-27-14-10-23(11-15-27)18-22-6-8-25(9-7-22)28-16-12-24(13-17-28)20(2)3/h20-25H,5-19H2,1-4H3/t21?,22-,25+. The van der Waals surface area contributed by atoms with Crippen molar-refractivity contribution in [1.82, 2.24) is 9.80 Å². The van der Waals surface area contributed by atoms with Crippen LogP contribution in [0.4, 0.5) is 0 Å². The number of Topliss-reactive ketones (excluding diaryl/α,β-unsaturated/α-hetero) is 1. The number of piperidine rings is 2. The molecule has 1 aliphatic carbocycles. The molecule has 3 aliphatic rings. The lowest BCUT2D eigenvalue weighted by Gasteiger charge is -2.42. The molecule has 0 N–H and O–H groups in total. The number of likely N-dealkylation sites (tertiary alicyclic amines) is 2. The average Bonchev–Trinajstić information content (AvgIpc) is 2.75. The van der Waals surface area contributed by atoms with E-state index in [9.17, 15) is 4.79 Å².